The highest BCUT2D eigenvalue weighted by Crippen LogP contribution is 2.48. The Morgan fingerprint density at radius 3 is 2.41 bits per heavy atom. The molecule has 5 heteroatoms. The van der Waals surface area contributed by atoms with Crippen molar-refractivity contribution in [1.82, 2.24) is 4.90 Å². The van der Waals surface area contributed by atoms with E-state index >= 15 is 0 Å². The summed E-state index contributed by atoms with van der Waals surface area (Å²) in [5, 5.41) is 3.13. The van der Waals surface area contributed by atoms with Crippen LogP contribution in [0.1, 0.15) is 71.6 Å². The standard InChI is InChI=1S/C29H30N2O3/c1-18(2)19-11-13-21(14-12-19)30-28(32)26-24-9-4-5-10-25(24)29(33)31(22-15-16-22)27(26)20-7-6-8-23(17-20)34-3/h4-14,17-18,22,26-27H,15-16H2,1-3H3,(H,30,32)/t26-,27-/m1/s1. The average Bonchev–Trinajstić information content (AvgIpc) is 3.69. The topological polar surface area (TPSA) is 58.6 Å². The van der Waals surface area contributed by atoms with E-state index in [4.69, 9.17) is 4.74 Å². The Morgan fingerprint density at radius 2 is 1.74 bits per heavy atom. The lowest BCUT2D eigenvalue weighted by Crippen LogP contribution is -2.47. The molecule has 1 fully saturated rings. The minimum Gasteiger partial charge on any atom is -0.497 e. The fourth-order valence-corrected chi connectivity index (χ4v) is 4.94. The third kappa shape index (κ3) is 4.07. The predicted octanol–water partition coefficient (Wildman–Crippen LogP) is 5.90. The van der Waals surface area contributed by atoms with Crippen LogP contribution in [0.5, 0.6) is 5.75 Å². The van der Waals surface area contributed by atoms with Crippen molar-refractivity contribution in [3.63, 3.8) is 0 Å². The van der Waals surface area contributed by atoms with Gasteiger partial charge in [0.05, 0.1) is 19.1 Å². The van der Waals surface area contributed by atoms with Crippen LogP contribution in [-0.2, 0) is 4.79 Å². The first-order valence-electron chi connectivity index (χ1n) is 11.9. The molecule has 0 saturated heterocycles. The number of carbonyl (C=O) groups is 2. The van der Waals surface area contributed by atoms with Gasteiger partial charge in [-0.2, -0.15) is 0 Å². The normalized spacial score (nSPS) is 19.6. The first-order valence-corrected chi connectivity index (χ1v) is 11.9. The molecule has 2 aliphatic rings. The van der Waals surface area contributed by atoms with Crippen LogP contribution in [-0.4, -0.2) is 29.9 Å². The average molecular weight is 455 g/mol. The first kappa shape index (κ1) is 22.2. The van der Waals surface area contributed by atoms with Gasteiger partial charge in [0.2, 0.25) is 5.91 Å². The van der Waals surface area contributed by atoms with E-state index in [9.17, 15) is 9.59 Å². The van der Waals surface area contributed by atoms with Gasteiger partial charge in [-0.1, -0.05) is 56.3 Å². The van der Waals surface area contributed by atoms with Crippen molar-refractivity contribution in [3.05, 3.63) is 95.1 Å². The van der Waals surface area contributed by atoms with Crippen molar-refractivity contribution in [2.75, 3.05) is 12.4 Å². The van der Waals surface area contributed by atoms with Gasteiger partial charge in [0, 0.05) is 17.3 Å². The number of amides is 2. The quantitative estimate of drug-likeness (QED) is 0.504. The summed E-state index contributed by atoms with van der Waals surface area (Å²) in [5.41, 5.74) is 4.27. The number of rotatable bonds is 6. The zero-order valence-corrected chi connectivity index (χ0v) is 19.8. The minimum atomic E-state index is -0.536. The van der Waals surface area contributed by atoms with Crippen molar-refractivity contribution in [3.8, 4) is 5.75 Å². The fourth-order valence-electron chi connectivity index (χ4n) is 4.94. The fraction of sp³-hybridized carbons (Fsp3) is 0.310. The first-order chi connectivity index (χ1) is 16.5. The number of hydrogen-bond acceptors (Lipinski definition) is 3. The van der Waals surface area contributed by atoms with E-state index in [1.54, 1.807) is 7.11 Å². The number of carbonyl (C=O) groups excluding carboxylic acids is 2. The summed E-state index contributed by atoms with van der Waals surface area (Å²) in [7, 11) is 1.63. The molecule has 2 amide bonds. The van der Waals surface area contributed by atoms with Crippen LogP contribution >= 0.6 is 0 Å². The Labute approximate surface area is 200 Å². The van der Waals surface area contributed by atoms with Gasteiger partial charge < -0.3 is 15.0 Å². The van der Waals surface area contributed by atoms with E-state index in [2.05, 4.69) is 31.3 Å². The molecule has 34 heavy (non-hydrogen) atoms. The van der Waals surface area contributed by atoms with Crippen molar-refractivity contribution in [2.45, 2.75) is 50.6 Å². The smallest absolute Gasteiger partial charge is 0.254 e. The maximum absolute atomic E-state index is 13.9. The van der Waals surface area contributed by atoms with Crippen LogP contribution in [0, 0.1) is 0 Å². The minimum absolute atomic E-state index is 0.00347. The molecule has 5 rings (SSSR count). The SMILES string of the molecule is COc1cccc([C@@H]2[C@H](C(=O)Nc3ccc(C(C)C)cc3)c3ccccc3C(=O)N2C2CC2)c1. The van der Waals surface area contributed by atoms with Gasteiger partial charge in [0.15, 0.2) is 0 Å². The molecule has 1 aliphatic carbocycles. The summed E-state index contributed by atoms with van der Waals surface area (Å²) in [5.74, 6) is 0.479. The molecule has 1 saturated carbocycles. The molecule has 3 aromatic carbocycles. The van der Waals surface area contributed by atoms with Crippen LogP contribution in [0.4, 0.5) is 5.69 Å². The number of anilines is 1. The summed E-state index contributed by atoms with van der Waals surface area (Å²) in [4.78, 5) is 29.5. The van der Waals surface area contributed by atoms with Gasteiger partial charge in [-0.25, -0.2) is 0 Å². The molecule has 0 spiro atoms. The molecule has 0 bridgehead atoms. The van der Waals surface area contributed by atoms with Gasteiger partial charge >= 0.3 is 0 Å². The van der Waals surface area contributed by atoms with Crippen molar-refractivity contribution in [1.29, 1.82) is 0 Å². The second-order valence-corrected chi connectivity index (χ2v) is 9.50. The molecule has 5 nitrogen and oxygen atoms in total. The van der Waals surface area contributed by atoms with Crippen LogP contribution in [0.2, 0.25) is 0 Å². The van der Waals surface area contributed by atoms with Gasteiger partial charge in [0.1, 0.15) is 5.75 Å². The highest BCUT2D eigenvalue weighted by Gasteiger charge is 2.49. The zero-order valence-electron chi connectivity index (χ0n) is 19.8. The molecule has 1 aliphatic heterocycles. The van der Waals surface area contributed by atoms with E-state index in [0.717, 1.165) is 29.7 Å². The maximum Gasteiger partial charge on any atom is 0.254 e. The van der Waals surface area contributed by atoms with Gasteiger partial charge in [-0.15, -0.1) is 0 Å². The Kier molecular flexibility index (Phi) is 5.86. The van der Waals surface area contributed by atoms with E-state index in [1.165, 1.54) is 5.56 Å². The number of nitrogens with one attached hydrogen (secondary N) is 1. The lowest BCUT2D eigenvalue weighted by Gasteiger charge is -2.42. The third-order valence-corrected chi connectivity index (χ3v) is 6.88. The number of fused-ring (bicyclic) bond motifs is 1. The lowest BCUT2D eigenvalue weighted by molar-refractivity contribution is -0.119. The molecule has 1 heterocycles. The molecule has 3 aromatic rings. The molecular formula is C29H30N2O3. The molecule has 174 valence electrons. The molecule has 0 aromatic heterocycles. The van der Waals surface area contributed by atoms with Crippen LogP contribution < -0.4 is 10.1 Å². The van der Waals surface area contributed by atoms with Gasteiger partial charge in [-0.05, 0) is 65.8 Å². The van der Waals surface area contributed by atoms with Crippen molar-refractivity contribution >= 4 is 17.5 Å². The Bertz CT molecular complexity index is 1210. The van der Waals surface area contributed by atoms with E-state index in [1.807, 2.05) is 65.6 Å². The zero-order chi connectivity index (χ0) is 23.8. The molecular weight excluding hydrogens is 424 g/mol. The number of ether oxygens (including phenoxy) is 1. The summed E-state index contributed by atoms with van der Waals surface area (Å²) >= 11 is 0. The Hall–Kier alpha value is -3.60. The Morgan fingerprint density at radius 1 is 1.00 bits per heavy atom. The molecule has 1 N–H and O–H groups in total. The second-order valence-electron chi connectivity index (χ2n) is 9.50. The molecule has 2 atom stereocenters. The largest absolute Gasteiger partial charge is 0.497 e. The third-order valence-electron chi connectivity index (χ3n) is 6.88. The molecule has 0 radical (unpaired) electrons. The number of hydrogen-bond donors (Lipinski definition) is 1. The predicted molar refractivity (Wildman–Crippen MR) is 133 cm³/mol. The maximum atomic E-state index is 13.9. The second kappa shape index (κ2) is 8.98. The van der Waals surface area contributed by atoms with E-state index < -0.39 is 12.0 Å². The lowest BCUT2D eigenvalue weighted by atomic mass is 9.79. The van der Waals surface area contributed by atoms with E-state index in [-0.39, 0.29) is 17.9 Å². The number of nitrogens with zero attached hydrogens (tertiary/aromatic N) is 1. The summed E-state index contributed by atoms with van der Waals surface area (Å²) in [6.07, 6.45) is 1.92. The monoisotopic (exact) mass is 454 g/mol. The summed E-state index contributed by atoms with van der Waals surface area (Å²) in [6, 6.07) is 23.0. The summed E-state index contributed by atoms with van der Waals surface area (Å²) in [6.45, 7) is 4.30. The van der Waals surface area contributed by atoms with Crippen LogP contribution in [0.15, 0.2) is 72.8 Å². The Balaban J connectivity index is 1.59. The molecule has 0 unspecified atom stereocenters. The summed E-state index contributed by atoms with van der Waals surface area (Å²) < 4.78 is 5.47. The highest BCUT2D eigenvalue weighted by molar-refractivity contribution is 6.04. The van der Waals surface area contributed by atoms with E-state index in [0.29, 0.717) is 17.2 Å². The van der Waals surface area contributed by atoms with Crippen molar-refractivity contribution in [2.24, 2.45) is 0 Å². The number of methoxy groups -OCH3 is 1. The van der Waals surface area contributed by atoms with Crippen LogP contribution in [0.25, 0.3) is 0 Å². The highest BCUT2D eigenvalue weighted by atomic mass is 16.5. The van der Waals surface area contributed by atoms with Crippen LogP contribution in [0.3, 0.4) is 0 Å². The van der Waals surface area contributed by atoms with Gasteiger partial charge in [0.25, 0.3) is 5.91 Å². The van der Waals surface area contributed by atoms with Crippen molar-refractivity contribution < 1.29 is 14.3 Å². The van der Waals surface area contributed by atoms with Gasteiger partial charge in [-0.3, -0.25) is 9.59 Å². The number of benzene rings is 3.